The second kappa shape index (κ2) is 8.53. The van der Waals surface area contributed by atoms with Gasteiger partial charge in [-0.25, -0.2) is 9.78 Å². The number of hydrogen-bond donors (Lipinski definition) is 1. The Morgan fingerprint density at radius 2 is 2.13 bits per heavy atom. The van der Waals surface area contributed by atoms with Gasteiger partial charge < -0.3 is 10.2 Å². The maximum atomic E-state index is 12.5. The highest BCUT2D eigenvalue weighted by Gasteiger charge is 2.20. The summed E-state index contributed by atoms with van der Waals surface area (Å²) in [5.74, 6) is 0.977. The Bertz CT molecular complexity index is 618. The highest BCUT2D eigenvalue weighted by Crippen LogP contribution is 2.21. The standard InChI is InChI=1S/C17H22N4OS/c1-4-21(13(3)14-7-6-10-18-11-14)17(22)20-15-8-9-16(19-12-15)23-5-2/h6-13H,4-5H2,1-3H3,(H,20,22)/t13-/m1/s1. The molecule has 2 aromatic heterocycles. The molecule has 1 atom stereocenters. The zero-order valence-electron chi connectivity index (χ0n) is 13.7. The van der Waals surface area contributed by atoms with E-state index >= 15 is 0 Å². The van der Waals surface area contributed by atoms with Gasteiger partial charge in [0, 0.05) is 18.9 Å². The number of nitrogens with zero attached hydrogens (tertiary/aromatic N) is 3. The quantitative estimate of drug-likeness (QED) is 0.806. The van der Waals surface area contributed by atoms with Gasteiger partial charge in [0.25, 0.3) is 0 Å². The van der Waals surface area contributed by atoms with Crippen LogP contribution in [0, 0.1) is 0 Å². The smallest absolute Gasteiger partial charge is 0.318 e. The second-order valence-corrected chi connectivity index (χ2v) is 6.28. The maximum Gasteiger partial charge on any atom is 0.322 e. The number of urea groups is 1. The molecule has 0 saturated heterocycles. The zero-order chi connectivity index (χ0) is 16.7. The first-order chi connectivity index (χ1) is 11.2. The van der Waals surface area contributed by atoms with Gasteiger partial charge in [-0.15, -0.1) is 11.8 Å². The Hall–Kier alpha value is -2.08. The number of hydrogen-bond acceptors (Lipinski definition) is 4. The average Bonchev–Trinajstić information content (AvgIpc) is 2.58. The predicted octanol–water partition coefficient (Wildman–Crippen LogP) is 4.20. The van der Waals surface area contributed by atoms with Gasteiger partial charge in [-0.2, -0.15) is 0 Å². The number of carbonyl (C=O) groups is 1. The Balaban J connectivity index is 2.05. The first kappa shape index (κ1) is 17.3. The summed E-state index contributed by atoms with van der Waals surface area (Å²) in [6, 6.07) is 7.48. The van der Waals surface area contributed by atoms with Crippen LogP contribution in [0.2, 0.25) is 0 Å². The molecule has 5 nitrogen and oxygen atoms in total. The monoisotopic (exact) mass is 330 g/mol. The van der Waals surface area contributed by atoms with Gasteiger partial charge in [0.15, 0.2) is 0 Å². The van der Waals surface area contributed by atoms with Crippen LogP contribution in [0.5, 0.6) is 0 Å². The minimum Gasteiger partial charge on any atom is -0.318 e. The van der Waals surface area contributed by atoms with E-state index in [1.165, 1.54) is 0 Å². The first-order valence-corrected chi connectivity index (χ1v) is 8.70. The van der Waals surface area contributed by atoms with E-state index in [1.807, 2.05) is 38.1 Å². The third kappa shape index (κ3) is 4.69. The Morgan fingerprint density at radius 1 is 1.30 bits per heavy atom. The van der Waals surface area contributed by atoms with Crippen molar-refractivity contribution >= 4 is 23.5 Å². The van der Waals surface area contributed by atoms with Crippen LogP contribution in [0.3, 0.4) is 0 Å². The largest absolute Gasteiger partial charge is 0.322 e. The maximum absolute atomic E-state index is 12.5. The highest BCUT2D eigenvalue weighted by atomic mass is 32.2. The SMILES string of the molecule is CCSc1ccc(NC(=O)N(CC)[C@H](C)c2cccnc2)cn1. The topological polar surface area (TPSA) is 58.1 Å². The summed E-state index contributed by atoms with van der Waals surface area (Å²) < 4.78 is 0. The molecule has 0 aliphatic carbocycles. The fraction of sp³-hybridized carbons (Fsp3) is 0.353. The molecule has 0 bridgehead atoms. The molecule has 6 heteroatoms. The van der Waals surface area contributed by atoms with Crippen LogP contribution in [0.4, 0.5) is 10.5 Å². The molecule has 0 aliphatic rings. The molecule has 0 saturated carbocycles. The normalized spacial score (nSPS) is 11.8. The summed E-state index contributed by atoms with van der Waals surface area (Å²) in [6.07, 6.45) is 5.21. The Morgan fingerprint density at radius 3 is 2.70 bits per heavy atom. The molecule has 0 unspecified atom stereocenters. The van der Waals surface area contributed by atoms with Crippen molar-refractivity contribution < 1.29 is 4.79 Å². The van der Waals surface area contributed by atoms with Gasteiger partial charge in [-0.05, 0) is 43.4 Å². The van der Waals surface area contributed by atoms with Crippen LogP contribution in [0.25, 0.3) is 0 Å². The summed E-state index contributed by atoms with van der Waals surface area (Å²) in [7, 11) is 0. The fourth-order valence-electron chi connectivity index (χ4n) is 2.28. The fourth-order valence-corrected chi connectivity index (χ4v) is 2.87. The lowest BCUT2D eigenvalue weighted by Crippen LogP contribution is -2.36. The number of carbonyl (C=O) groups excluding carboxylic acids is 1. The van der Waals surface area contributed by atoms with Crippen molar-refractivity contribution in [1.82, 2.24) is 14.9 Å². The Kier molecular flexibility index (Phi) is 6.40. The van der Waals surface area contributed by atoms with Gasteiger partial charge in [0.1, 0.15) is 0 Å². The van der Waals surface area contributed by atoms with Crippen LogP contribution >= 0.6 is 11.8 Å². The molecule has 1 N–H and O–H groups in total. The first-order valence-electron chi connectivity index (χ1n) is 7.72. The molecule has 0 aromatic carbocycles. The van der Waals surface area contributed by atoms with E-state index in [0.717, 1.165) is 16.3 Å². The number of aromatic nitrogens is 2. The molecular formula is C17H22N4OS. The van der Waals surface area contributed by atoms with Crippen molar-refractivity contribution in [3.63, 3.8) is 0 Å². The number of thioether (sulfide) groups is 1. The summed E-state index contributed by atoms with van der Waals surface area (Å²) in [5.41, 5.74) is 1.71. The summed E-state index contributed by atoms with van der Waals surface area (Å²) >= 11 is 1.67. The van der Waals surface area contributed by atoms with E-state index in [1.54, 1.807) is 35.3 Å². The lowest BCUT2D eigenvalue weighted by Gasteiger charge is -2.28. The van der Waals surface area contributed by atoms with Crippen molar-refractivity contribution in [3.05, 3.63) is 48.4 Å². The van der Waals surface area contributed by atoms with Crippen LogP contribution in [0.1, 0.15) is 32.4 Å². The van der Waals surface area contributed by atoms with Crippen molar-refractivity contribution in [2.45, 2.75) is 31.8 Å². The van der Waals surface area contributed by atoms with E-state index < -0.39 is 0 Å². The lowest BCUT2D eigenvalue weighted by atomic mass is 10.1. The van der Waals surface area contributed by atoms with Gasteiger partial charge in [-0.1, -0.05) is 13.0 Å². The second-order valence-electron chi connectivity index (χ2n) is 5.00. The number of anilines is 1. The summed E-state index contributed by atoms with van der Waals surface area (Å²) in [4.78, 5) is 22.8. The van der Waals surface area contributed by atoms with Crippen molar-refractivity contribution in [2.75, 3.05) is 17.6 Å². The van der Waals surface area contributed by atoms with E-state index in [4.69, 9.17) is 0 Å². The molecule has 2 heterocycles. The highest BCUT2D eigenvalue weighted by molar-refractivity contribution is 7.99. The van der Waals surface area contributed by atoms with E-state index in [2.05, 4.69) is 22.2 Å². The van der Waals surface area contributed by atoms with Crippen molar-refractivity contribution in [3.8, 4) is 0 Å². The van der Waals surface area contributed by atoms with E-state index in [-0.39, 0.29) is 12.1 Å². The third-order valence-electron chi connectivity index (χ3n) is 3.52. The zero-order valence-corrected chi connectivity index (χ0v) is 14.5. The molecule has 0 spiro atoms. The van der Waals surface area contributed by atoms with Gasteiger partial charge in [-0.3, -0.25) is 4.98 Å². The molecule has 2 aromatic rings. The van der Waals surface area contributed by atoms with E-state index in [9.17, 15) is 4.79 Å². The van der Waals surface area contributed by atoms with Crippen LogP contribution in [-0.4, -0.2) is 33.2 Å². The lowest BCUT2D eigenvalue weighted by molar-refractivity contribution is 0.197. The summed E-state index contributed by atoms with van der Waals surface area (Å²) in [6.45, 7) is 6.66. The number of rotatable bonds is 6. The molecule has 23 heavy (non-hydrogen) atoms. The van der Waals surface area contributed by atoms with Gasteiger partial charge >= 0.3 is 6.03 Å². The minimum atomic E-state index is -0.137. The van der Waals surface area contributed by atoms with E-state index in [0.29, 0.717) is 12.2 Å². The third-order valence-corrected chi connectivity index (χ3v) is 4.34. The van der Waals surface area contributed by atoms with Gasteiger partial charge in [0.2, 0.25) is 0 Å². The van der Waals surface area contributed by atoms with Gasteiger partial charge in [0.05, 0.1) is 23.0 Å². The number of pyridine rings is 2. The molecule has 2 rings (SSSR count). The van der Waals surface area contributed by atoms with Crippen LogP contribution in [-0.2, 0) is 0 Å². The predicted molar refractivity (Wildman–Crippen MR) is 94.7 cm³/mol. The van der Waals surface area contributed by atoms with Crippen molar-refractivity contribution in [2.24, 2.45) is 0 Å². The minimum absolute atomic E-state index is 0.0448. The Labute approximate surface area is 141 Å². The molecule has 122 valence electrons. The number of amides is 2. The number of nitrogens with one attached hydrogen (secondary N) is 1. The molecule has 2 amide bonds. The molecule has 0 aliphatic heterocycles. The molecular weight excluding hydrogens is 308 g/mol. The average molecular weight is 330 g/mol. The van der Waals surface area contributed by atoms with Crippen LogP contribution < -0.4 is 5.32 Å². The molecule has 0 radical (unpaired) electrons. The molecule has 0 fully saturated rings. The summed E-state index contributed by atoms with van der Waals surface area (Å²) in [5, 5.41) is 3.87. The van der Waals surface area contributed by atoms with Crippen LogP contribution in [0.15, 0.2) is 47.9 Å². The van der Waals surface area contributed by atoms with Crippen molar-refractivity contribution in [1.29, 1.82) is 0 Å².